The Kier molecular flexibility index (Phi) is 3.36. The molecule has 1 heterocycles. The van der Waals surface area contributed by atoms with Crippen molar-refractivity contribution in [1.29, 1.82) is 0 Å². The summed E-state index contributed by atoms with van der Waals surface area (Å²) in [6, 6.07) is 0. The van der Waals surface area contributed by atoms with Crippen molar-refractivity contribution in [2.24, 2.45) is 0 Å². The van der Waals surface area contributed by atoms with Crippen LogP contribution in [0.15, 0.2) is 12.5 Å². The average molecular weight is 188 g/mol. The molecule has 1 rings (SSSR count). The van der Waals surface area contributed by atoms with Crippen molar-refractivity contribution in [2.75, 3.05) is 0 Å². The van der Waals surface area contributed by atoms with Crippen molar-refractivity contribution < 1.29 is 27.0 Å². The Bertz CT molecular complexity index is 149. The highest BCUT2D eigenvalue weighted by Gasteiger charge is 2.63. The number of alkyl halides is 4. The van der Waals surface area contributed by atoms with E-state index in [1.54, 1.807) is 0 Å². The van der Waals surface area contributed by atoms with Crippen LogP contribution >= 0.6 is 0 Å². The maximum absolute atomic E-state index is 11.8. The lowest BCUT2D eigenvalue weighted by Crippen LogP contribution is -2.44. The van der Waals surface area contributed by atoms with Crippen molar-refractivity contribution in [2.45, 2.75) is 26.1 Å². The summed E-state index contributed by atoms with van der Waals surface area (Å²) in [4.78, 5) is 0. The standard InChI is InChI=1S/C4H2F4O2.C2H6/c5-3(6)4(7,8)10-2-1-9-3;1-2/h1-2H;1-2H3. The van der Waals surface area contributed by atoms with Gasteiger partial charge in [0.1, 0.15) is 12.5 Å². The van der Waals surface area contributed by atoms with Crippen LogP contribution in [0.1, 0.15) is 13.8 Å². The summed E-state index contributed by atoms with van der Waals surface area (Å²) < 4.78 is 53.9. The molecule has 0 amide bonds. The molecule has 0 fully saturated rings. The fourth-order valence-corrected chi connectivity index (χ4v) is 0.364. The maximum Gasteiger partial charge on any atom is 0.507 e. The average Bonchev–Trinajstić information content (AvgIpc) is 2.00. The third-order valence-corrected chi connectivity index (χ3v) is 0.826. The zero-order valence-electron chi connectivity index (χ0n) is 6.48. The molecule has 0 aromatic carbocycles. The van der Waals surface area contributed by atoms with Gasteiger partial charge in [0.15, 0.2) is 0 Å². The molecule has 0 spiro atoms. The highest BCUT2D eigenvalue weighted by Crippen LogP contribution is 2.38. The normalized spacial score (nSPS) is 22.8. The first-order valence-electron chi connectivity index (χ1n) is 3.22. The molecule has 0 aliphatic carbocycles. The largest absolute Gasteiger partial charge is 0.507 e. The van der Waals surface area contributed by atoms with Gasteiger partial charge in [0, 0.05) is 0 Å². The molecule has 6 heteroatoms. The Balaban J connectivity index is 0.000000561. The van der Waals surface area contributed by atoms with E-state index in [0.29, 0.717) is 12.5 Å². The second-order valence-corrected chi connectivity index (χ2v) is 1.54. The number of halogens is 4. The molecule has 72 valence electrons. The summed E-state index contributed by atoms with van der Waals surface area (Å²) >= 11 is 0. The monoisotopic (exact) mass is 188 g/mol. The zero-order chi connectivity index (χ0) is 9.83. The van der Waals surface area contributed by atoms with Gasteiger partial charge in [-0.3, -0.25) is 0 Å². The molecule has 0 atom stereocenters. The maximum atomic E-state index is 11.8. The molecule has 0 bridgehead atoms. The van der Waals surface area contributed by atoms with E-state index in [2.05, 4.69) is 9.47 Å². The molecule has 0 radical (unpaired) electrons. The first kappa shape index (κ1) is 11.1. The van der Waals surface area contributed by atoms with Crippen molar-refractivity contribution in [3.63, 3.8) is 0 Å². The quantitative estimate of drug-likeness (QED) is 0.544. The van der Waals surface area contributed by atoms with Gasteiger partial charge >= 0.3 is 12.2 Å². The third-order valence-electron chi connectivity index (χ3n) is 0.826. The molecular weight excluding hydrogens is 180 g/mol. The molecule has 0 saturated heterocycles. The predicted octanol–water partition coefficient (Wildman–Crippen LogP) is 2.72. The van der Waals surface area contributed by atoms with Crippen LogP contribution in [0.3, 0.4) is 0 Å². The Labute approximate surface area is 66.8 Å². The van der Waals surface area contributed by atoms with Crippen LogP contribution in [0.5, 0.6) is 0 Å². The Morgan fingerprint density at radius 2 is 1.08 bits per heavy atom. The van der Waals surface area contributed by atoms with Crippen molar-refractivity contribution >= 4 is 0 Å². The van der Waals surface area contributed by atoms with E-state index in [9.17, 15) is 17.6 Å². The van der Waals surface area contributed by atoms with Gasteiger partial charge in [-0.2, -0.15) is 17.6 Å². The minimum Gasteiger partial charge on any atom is -0.430 e. The Hall–Kier alpha value is -0.940. The van der Waals surface area contributed by atoms with Crippen LogP contribution in [0.2, 0.25) is 0 Å². The molecule has 0 aromatic rings. The number of hydrogen-bond donors (Lipinski definition) is 0. The van der Waals surface area contributed by atoms with Crippen LogP contribution in [0.25, 0.3) is 0 Å². The van der Waals surface area contributed by atoms with Gasteiger partial charge in [0.25, 0.3) is 0 Å². The van der Waals surface area contributed by atoms with E-state index < -0.39 is 12.2 Å². The van der Waals surface area contributed by atoms with Crippen LogP contribution in [-0.4, -0.2) is 12.2 Å². The fourth-order valence-electron chi connectivity index (χ4n) is 0.364. The van der Waals surface area contributed by atoms with E-state index in [1.165, 1.54) is 0 Å². The summed E-state index contributed by atoms with van der Waals surface area (Å²) in [5.74, 6) is 0. The summed E-state index contributed by atoms with van der Waals surface area (Å²) in [6.07, 6.45) is -8.42. The van der Waals surface area contributed by atoms with Crippen LogP contribution in [0, 0.1) is 0 Å². The van der Waals surface area contributed by atoms with Gasteiger partial charge in [0.05, 0.1) is 0 Å². The minimum absolute atomic E-state index is 0.359. The molecule has 0 saturated carbocycles. The zero-order valence-corrected chi connectivity index (χ0v) is 6.48. The molecule has 0 N–H and O–H groups in total. The SMILES string of the molecule is CC.FC1(F)OC=COC1(F)F. The number of rotatable bonds is 0. The first-order valence-corrected chi connectivity index (χ1v) is 3.22. The van der Waals surface area contributed by atoms with Gasteiger partial charge in [-0.15, -0.1) is 0 Å². The second-order valence-electron chi connectivity index (χ2n) is 1.54. The molecule has 0 aromatic heterocycles. The molecular formula is C6H8F4O2. The van der Waals surface area contributed by atoms with E-state index in [-0.39, 0.29) is 0 Å². The summed E-state index contributed by atoms with van der Waals surface area (Å²) in [6.45, 7) is 4.00. The van der Waals surface area contributed by atoms with Crippen LogP contribution in [0.4, 0.5) is 17.6 Å². The number of ether oxygens (including phenoxy) is 2. The van der Waals surface area contributed by atoms with Gasteiger partial charge in [-0.25, -0.2) is 0 Å². The summed E-state index contributed by atoms with van der Waals surface area (Å²) in [5, 5.41) is 0. The fraction of sp³-hybridized carbons (Fsp3) is 0.667. The van der Waals surface area contributed by atoms with E-state index in [0.717, 1.165) is 0 Å². The third kappa shape index (κ3) is 2.02. The topological polar surface area (TPSA) is 18.5 Å². The van der Waals surface area contributed by atoms with Crippen LogP contribution < -0.4 is 0 Å². The first-order chi connectivity index (χ1) is 5.46. The van der Waals surface area contributed by atoms with Gasteiger partial charge in [-0.05, 0) is 0 Å². The van der Waals surface area contributed by atoms with Crippen molar-refractivity contribution in [1.82, 2.24) is 0 Å². The number of hydrogen-bond acceptors (Lipinski definition) is 2. The van der Waals surface area contributed by atoms with Gasteiger partial charge < -0.3 is 9.47 Å². The van der Waals surface area contributed by atoms with E-state index in [4.69, 9.17) is 0 Å². The highest BCUT2D eigenvalue weighted by atomic mass is 19.3. The molecule has 0 unspecified atom stereocenters. The highest BCUT2D eigenvalue weighted by molar-refractivity contribution is 4.79. The van der Waals surface area contributed by atoms with E-state index >= 15 is 0 Å². The second kappa shape index (κ2) is 3.64. The smallest absolute Gasteiger partial charge is 0.430 e. The summed E-state index contributed by atoms with van der Waals surface area (Å²) in [7, 11) is 0. The minimum atomic E-state index is -4.57. The lowest BCUT2D eigenvalue weighted by Gasteiger charge is -2.26. The molecule has 1 aliphatic rings. The van der Waals surface area contributed by atoms with Gasteiger partial charge in [0.2, 0.25) is 0 Å². The van der Waals surface area contributed by atoms with Crippen LogP contribution in [-0.2, 0) is 9.47 Å². The predicted molar refractivity (Wildman–Crippen MR) is 32.6 cm³/mol. The Morgan fingerprint density at radius 1 is 0.833 bits per heavy atom. The molecule has 1 aliphatic heterocycles. The molecule has 2 nitrogen and oxygen atoms in total. The summed E-state index contributed by atoms with van der Waals surface area (Å²) in [5.41, 5.74) is 0. The van der Waals surface area contributed by atoms with Crippen molar-refractivity contribution in [3.05, 3.63) is 12.5 Å². The Morgan fingerprint density at radius 3 is 1.25 bits per heavy atom. The lowest BCUT2D eigenvalue weighted by molar-refractivity contribution is -0.417. The van der Waals surface area contributed by atoms with Gasteiger partial charge in [-0.1, -0.05) is 13.8 Å². The van der Waals surface area contributed by atoms with E-state index in [1.807, 2.05) is 13.8 Å². The van der Waals surface area contributed by atoms with Crippen molar-refractivity contribution in [3.8, 4) is 0 Å². The lowest BCUT2D eigenvalue weighted by atomic mass is 10.5. The molecule has 12 heavy (non-hydrogen) atoms.